The standard InChI is InChI=1S/C19H20F2N2O2/c1-12-6-7-15(9-17(12)25-11-18(20)21)23-19(24)16-8-13-4-2-3-5-14(13)10-22-16/h2-7,9,16,18,22H,8,10-11H2,1H3,(H,23,24). The summed E-state index contributed by atoms with van der Waals surface area (Å²) in [5.41, 5.74) is 3.62. The molecular formula is C19H20F2N2O2. The summed E-state index contributed by atoms with van der Waals surface area (Å²) in [5, 5.41) is 6.05. The highest BCUT2D eigenvalue weighted by atomic mass is 19.3. The molecule has 1 aliphatic heterocycles. The van der Waals surface area contributed by atoms with Crippen LogP contribution in [-0.2, 0) is 17.8 Å². The van der Waals surface area contributed by atoms with Gasteiger partial charge in [-0.15, -0.1) is 0 Å². The van der Waals surface area contributed by atoms with Crippen molar-refractivity contribution in [3.63, 3.8) is 0 Å². The first kappa shape index (κ1) is 17.4. The lowest BCUT2D eigenvalue weighted by Gasteiger charge is -2.25. The number of hydrogen-bond donors (Lipinski definition) is 2. The number of halogens is 2. The topological polar surface area (TPSA) is 50.4 Å². The second-order valence-corrected chi connectivity index (χ2v) is 6.08. The third-order valence-corrected chi connectivity index (χ3v) is 4.22. The molecule has 3 rings (SSSR count). The minimum Gasteiger partial charge on any atom is -0.487 e. The van der Waals surface area contributed by atoms with Crippen molar-refractivity contribution in [1.29, 1.82) is 0 Å². The maximum atomic E-state index is 12.5. The molecule has 2 N–H and O–H groups in total. The van der Waals surface area contributed by atoms with Crippen LogP contribution in [0.3, 0.4) is 0 Å². The first-order valence-corrected chi connectivity index (χ1v) is 8.15. The monoisotopic (exact) mass is 346 g/mol. The molecule has 0 saturated heterocycles. The molecule has 1 atom stereocenters. The number of aryl methyl sites for hydroxylation is 1. The summed E-state index contributed by atoms with van der Waals surface area (Å²) in [7, 11) is 0. The maximum Gasteiger partial charge on any atom is 0.272 e. The van der Waals surface area contributed by atoms with E-state index in [2.05, 4.69) is 10.6 Å². The Morgan fingerprint density at radius 2 is 2.04 bits per heavy atom. The second-order valence-electron chi connectivity index (χ2n) is 6.08. The highest BCUT2D eigenvalue weighted by Crippen LogP contribution is 2.24. The second kappa shape index (κ2) is 7.61. The number of anilines is 1. The van der Waals surface area contributed by atoms with Crippen molar-refractivity contribution >= 4 is 11.6 Å². The molecule has 25 heavy (non-hydrogen) atoms. The third kappa shape index (κ3) is 4.33. The minimum atomic E-state index is -2.54. The van der Waals surface area contributed by atoms with Crippen LogP contribution in [0.1, 0.15) is 16.7 Å². The number of carbonyl (C=O) groups excluding carboxylic acids is 1. The lowest BCUT2D eigenvalue weighted by molar-refractivity contribution is -0.118. The fourth-order valence-corrected chi connectivity index (χ4v) is 2.86. The molecule has 6 heteroatoms. The number of nitrogens with one attached hydrogen (secondary N) is 2. The van der Waals surface area contributed by atoms with Gasteiger partial charge in [0.25, 0.3) is 6.43 Å². The SMILES string of the molecule is Cc1ccc(NC(=O)C2Cc3ccccc3CN2)cc1OCC(F)F. The summed E-state index contributed by atoms with van der Waals surface area (Å²) in [6, 6.07) is 12.7. The van der Waals surface area contributed by atoms with Crippen LogP contribution in [0, 0.1) is 6.92 Å². The highest BCUT2D eigenvalue weighted by Gasteiger charge is 2.24. The Morgan fingerprint density at radius 3 is 2.80 bits per heavy atom. The molecule has 1 aliphatic rings. The van der Waals surface area contributed by atoms with E-state index in [1.54, 1.807) is 25.1 Å². The third-order valence-electron chi connectivity index (χ3n) is 4.22. The van der Waals surface area contributed by atoms with E-state index in [-0.39, 0.29) is 11.9 Å². The van der Waals surface area contributed by atoms with E-state index in [0.29, 0.717) is 24.4 Å². The van der Waals surface area contributed by atoms with E-state index in [1.165, 1.54) is 5.56 Å². The Balaban J connectivity index is 1.66. The van der Waals surface area contributed by atoms with Crippen molar-refractivity contribution in [3.8, 4) is 5.75 Å². The Morgan fingerprint density at radius 1 is 1.28 bits per heavy atom. The van der Waals surface area contributed by atoms with Gasteiger partial charge in [0.2, 0.25) is 5.91 Å². The van der Waals surface area contributed by atoms with Crippen molar-refractivity contribution in [2.75, 3.05) is 11.9 Å². The van der Waals surface area contributed by atoms with E-state index in [0.717, 1.165) is 11.1 Å². The summed E-state index contributed by atoms with van der Waals surface area (Å²) in [4.78, 5) is 12.5. The normalized spacial score (nSPS) is 16.4. The maximum absolute atomic E-state index is 12.5. The lowest BCUT2D eigenvalue weighted by Crippen LogP contribution is -2.44. The van der Waals surface area contributed by atoms with E-state index >= 15 is 0 Å². The van der Waals surface area contributed by atoms with Gasteiger partial charge in [0.1, 0.15) is 12.4 Å². The van der Waals surface area contributed by atoms with Crippen LogP contribution in [0.25, 0.3) is 0 Å². The first-order chi connectivity index (χ1) is 12.0. The number of ether oxygens (including phenoxy) is 1. The Bertz CT molecular complexity index is 765. The first-order valence-electron chi connectivity index (χ1n) is 8.15. The summed E-state index contributed by atoms with van der Waals surface area (Å²) in [6.45, 7) is 1.75. The molecule has 0 spiro atoms. The molecule has 4 nitrogen and oxygen atoms in total. The molecule has 0 radical (unpaired) electrons. The van der Waals surface area contributed by atoms with Crippen LogP contribution < -0.4 is 15.4 Å². The Labute approximate surface area is 145 Å². The van der Waals surface area contributed by atoms with Gasteiger partial charge in [-0.1, -0.05) is 30.3 Å². The number of alkyl halides is 2. The quantitative estimate of drug-likeness (QED) is 0.873. The van der Waals surface area contributed by atoms with E-state index in [9.17, 15) is 13.6 Å². The predicted molar refractivity (Wildman–Crippen MR) is 92.1 cm³/mol. The summed E-state index contributed by atoms with van der Waals surface area (Å²) >= 11 is 0. The number of hydrogen-bond acceptors (Lipinski definition) is 3. The van der Waals surface area contributed by atoms with Crippen LogP contribution in [-0.4, -0.2) is 25.0 Å². The molecule has 0 aliphatic carbocycles. The van der Waals surface area contributed by atoms with E-state index in [1.807, 2.05) is 24.3 Å². The fraction of sp³-hybridized carbons (Fsp3) is 0.316. The van der Waals surface area contributed by atoms with Gasteiger partial charge in [-0.2, -0.15) is 0 Å². The Hall–Kier alpha value is -2.47. The number of benzene rings is 2. The molecule has 1 heterocycles. The number of amides is 1. The number of carbonyl (C=O) groups is 1. The largest absolute Gasteiger partial charge is 0.487 e. The zero-order chi connectivity index (χ0) is 17.8. The van der Waals surface area contributed by atoms with Gasteiger partial charge in [-0.05, 0) is 36.1 Å². The van der Waals surface area contributed by atoms with Gasteiger partial charge < -0.3 is 15.4 Å². The van der Waals surface area contributed by atoms with Crippen molar-refractivity contribution in [3.05, 3.63) is 59.2 Å². The van der Waals surface area contributed by atoms with Crippen LogP contribution in [0.15, 0.2) is 42.5 Å². The van der Waals surface area contributed by atoms with Gasteiger partial charge in [0, 0.05) is 18.3 Å². The van der Waals surface area contributed by atoms with Gasteiger partial charge in [-0.25, -0.2) is 8.78 Å². The van der Waals surface area contributed by atoms with Crippen LogP contribution in [0.2, 0.25) is 0 Å². The highest BCUT2D eigenvalue weighted by molar-refractivity contribution is 5.95. The smallest absolute Gasteiger partial charge is 0.272 e. The molecule has 0 saturated carbocycles. The average molecular weight is 346 g/mol. The van der Waals surface area contributed by atoms with Gasteiger partial charge >= 0.3 is 0 Å². The van der Waals surface area contributed by atoms with E-state index in [4.69, 9.17) is 4.74 Å². The number of fused-ring (bicyclic) bond motifs is 1. The van der Waals surface area contributed by atoms with Gasteiger partial charge in [0.05, 0.1) is 6.04 Å². The molecule has 1 unspecified atom stereocenters. The minimum absolute atomic E-state index is 0.154. The lowest BCUT2D eigenvalue weighted by atomic mass is 9.95. The summed E-state index contributed by atoms with van der Waals surface area (Å²) in [6.07, 6.45) is -1.92. The van der Waals surface area contributed by atoms with Crippen molar-refractivity contribution in [2.24, 2.45) is 0 Å². The molecular weight excluding hydrogens is 326 g/mol. The summed E-state index contributed by atoms with van der Waals surface area (Å²) in [5.74, 6) is 0.193. The van der Waals surface area contributed by atoms with E-state index < -0.39 is 13.0 Å². The summed E-state index contributed by atoms with van der Waals surface area (Å²) < 4.78 is 29.7. The molecule has 1 amide bonds. The van der Waals surface area contributed by atoms with Crippen molar-refractivity contribution < 1.29 is 18.3 Å². The molecule has 2 aromatic carbocycles. The molecule has 0 aromatic heterocycles. The molecule has 2 aromatic rings. The van der Waals surface area contributed by atoms with Crippen molar-refractivity contribution in [2.45, 2.75) is 32.4 Å². The number of rotatable bonds is 5. The van der Waals surface area contributed by atoms with Crippen LogP contribution >= 0.6 is 0 Å². The average Bonchev–Trinajstić information content (AvgIpc) is 2.61. The van der Waals surface area contributed by atoms with Crippen LogP contribution in [0.5, 0.6) is 5.75 Å². The zero-order valence-electron chi connectivity index (χ0n) is 13.9. The van der Waals surface area contributed by atoms with Crippen LogP contribution in [0.4, 0.5) is 14.5 Å². The predicted octanol–water partition coefficient (Wildman–Crippen LogP) is 3.29. The molecule has 132 valence electrons. The molecule has 0 bridgehead atoms. The van der Waals surface area contributed by atoms with Gasteiger partial charge in [-0.3, -0.25) is 4.79 Å². The van der Waals surface area contributed by atoms with Crippen molar-refractivity contribution in [1.82, 2.24) is 5.32 Å². The zero-order valence-corrected chi connectivity index (χ0v) is 13.9. The molecule has 0 fully saturated rings. The Kier molecular flexibility index (Phi) is 5.28. The van der Waals surface area contributed by atoms with Gasteiger partial charge in [0.15, 0.2) is 0 Å². The fourth-order valence-electron chi connectivity index (χ4n) is 2.86.